The monoisotopic (exact) mass is 198 g/mol. The topological polar surface area (TPSA) is 90.9 Å². The number of aliphatic hydroxyl groups excluding tert-OH is 1. The third kappa shape index (κ3) is 2.81. The lowest BCUT2D eigenvalue weighted by molar-refractivity contribution is 0.0862. The third-order valence-corrected chi connectivity index (χ3v) is 1.87. The van der Waals surface area contributed by atoms with E-state index in [-0.39, 0.29) is 24.2 Å². The Kier molecular flexibility index (Phi) is 3.58. The Labute approximate surface area is 81.7 Å². The van der Waals surface area contributed by atoms with Gasteiger partial charge in [0, 0.05) is 6.54 Å². The summed E-state index contributed by atoms with van der Waals surface area (Å²) in [5, 5.41) is 17.9. The highest BCUT2D eigenvalue weighted by atomic mass is 16.3. The van der Waals surface area contributed by atoms with Crippen molar-refractivity contribution in [2.45, 2.75) is 20.0 Å². The van der Waals surface area contributed by atoms with Gasteiger partial charge in [-0.2, -0.15) is 5.10 Å². The van der Waals surface area contributed by atoms with Crippen molar-refractivity contribution in [3.63, 3.8) is 0 Å². The molecule has 0 bridgehead atoms. The minimum absolute atomic E-state index is 0.116. The molecule has 14 heavy (non-hydrogen) atoms. The van der Waals surface area contributed by atoms with Gasteiger partial charge in [-0.15, -0.1) is 0 Å². The fraction of sp³-hybridized carbons (Fsp3) is 0.625. The van der Waals surface area contributed by atoms with E-state index in [4.69, 9.17) is 0 Å². The van der Waals surface area contributed by atoms with Crippen molar-refractivity contribution in [1.82, 2.24) is 20.5 Å². The normalized spacial score (nSPS) is 12.9. The van der Waals surface area contributed by atoms with E-state index >= 15 is 0 Å². The first-order valence-electron chi connectivity index (χ1n) is 4.43. The van der Waals surface area contributed by atoms with Gasteiger partial charge in [-0.1, -0.05) is 13.8 Å². The number of nitrogens with zero attached hydrogens (tertiary/aromatic N) is 2. The zero-order valence-electron chi connectivity index (χ0n) is 8.19. The van der Waals surface area contributed by atoms with Gasteiger partial charge in [-0.25, -0.2) is 4.98 Å². The lowest BCUT2D eigenvalue weighted by Crippen LogP contribution is -2.35. The lowest BCUT2D eigenvalue weighted by Gasteiger charge is -2.14. The van der Waals surface area contributed by atoms with Gasteiger partial charge >= 0.3 is 0 Å². The average molecular weight is 198 g/mol. The molecule has 1 aromatic heterocycles. The summed E-state index contributed by atoms with van der Waals surface area (Å²) in [6.45, 7) is 3.98. The van der Waals surface area contributed by atoms with E-state index in [9.17, 15) is 9.90 Å². The lowest BCUT2D eigenvalue weighted by atomic mass is 10.1. The Morgan fingerprint density at radius 2 is 2.43 bits per heavy atom. The summed E-state index contributed by atoms with van der Waals surface area (Å²) >= 11 is 0. The van der Waals surface area contributed by atoms with Crippen molar-refractivity contribution in [3.8, 4) is 0 Å². The highest BCUT2D eigenvalue weighted by Gasteiger charge is 2.13. The van der Waals surface area contributed by atoms with Crippen LogP contribution in [0.25, 0.3) is 0 Å². The number of hydrogen-bond donors (Lipinski definition) is 3. The van der Waals surface area contributed by atoms with E-state index in [0.29, 0.717) is 0 Å². The molecule has 1 rings (SSSR count). The summed E-state index contributed by atoms with van der Waals surface area (Å²) in [5.74, 6) is -0.0896. The highest BCUT2D eigenvalue weighted by molar-refractivity contribution is 5.90. The van der Waals surface area contributed by atoms with Crippen LogP contribution in [0.15, 0.2) is 6.33 Å². The maximum atomic E-state index is 11.3. The summed E-state index contributed by atoms with van der Waals surface area (Å²) in [5.41, 5.74) is 0. The molecular formula is C8H14N4O2. The SMILES string of the molecule is CC(C)C(O)CNC(=O)c1ncn[nH]1. The molecule has 3 N–H and O–H groups in total. The number of amides is 1. The molecule has 1 atom stereocenters. The summed E-state index contributed by atoms with van der Waals surface area (Å²) in [6, 6.07) is 0. The molecule has 0 aliphatic heterocycles. The van der Waals surface area contributed by atoms with Gasteiger partial charge < -0.3 is 10.4 Å². The zero-order chi connectivity index (χ0) is 10.6. The number of aromatic nitrogens is 3. The Bertz CT molecular complexity index is 284. The maximum Gasteiger partial charge on any atom is 0.288 e. The minimum atomic E-state index is -0.540. The van der Waals surface area contributed by atoms with Crippen LogP contribution in [0.1, 0.15) is 24.5 Å². The molecule has 0 aliphatic rings. The molecule has 6 heteroatoms. The van der Waals surface area contributed by atoms with Crippen molar-refractivity contribution in [2.24, 2.45) is 5.92 Å². The van der Waals surface area contributed by atoms with Crippen LogP contribution in [0.3, 0.4) is 0 Å². The first kappa shape index (κ1) is 10.6. The predicted molar refractivity (Wildman–Crippen MR) is 49.6 cm³/mol. The third-order valence-electron chi connectivity index (χ3n) is 1.87. The quantitative estimate of drug-likeness (QED) is 0.611. The number of hydrogen-bond acceptors (Lipinski definition) is 4. The van der Waals surface area contributed by atoms with Gasteiger partial charge in [0.1, 0.15) is 6.33 Å². The van der Waals surface area contributed by atoms with Crippen LogP contribution in [-0.4, -0.2) is 38.8 Å². The summed E-state index contributed by atoms with van der Waals surface area (Å²) in [6.07, 6.45) is 0.718. The van der Waals surface area contributed by atoms with Crippen LogP contribution in [0, 0.1) is 5.92 Å². The fourth-order valence-corrected chi connectivity index (χ4v) is 0.832. The number of carbonyl (C=O) groups excluding carboxylic acids is 1. The maximum absolute atomic E-state index is 11.3. The molecule has 0 saturated carbocycles. The van der Waals surface area contributed by atoms with E-state index in [1.165, 1.54) is 6.33 Å². The molecule has 0 spiro atoms. The Balaban J connectivity index is 2.36. The molecule has 0 fully saturated rings. The molecule has 0 saturated heterocycles. The van der Waals surface area contributed by atoms with E-state index < -0.39 is 6.10 Å². The summed E-state index contributed by atoms with van der Waals surface area (Å²) < 4.78 is 0. The van der Waals surface area contributed by atoms with Crippen LogP contribution in [0.4, 0.5) is 0 Å². The molecule has 0 aliphatic carbocycles. The van der Waals surface area contributed by atoms with Gasteiger partial charge in [0.2, 0.25) is 5.82 Å². The van der Waals surface area contributed by atoms with Crippen molar-refractivity contribution < 1.29 is 9.90 Å². The number of rotatable bonds is 4. The van der Waals surface area contributed by atoms with E-state index in [1.54, 1.807) is 0 Å². The number of carbonyl (C=O) groups is 1. The molecule has 1 amide bonds. The van der Waals surface area contributed by atoms with Crippen LogP contribution >= 0.6 is 0 Å². The molecule has 78 valence electrons. The molecule has 0 radical (unpaired) electrons. The first-order chi connectivity index (χ1) is 6.61. The first-order valence-corrected chi connectivity index (χ1v) is 4.43. The van der Waals surface area contributed by atoms with Gasteiger partial charge in [-0.05, 0) is 5.92 Å². The van der Waals surface area contributed by atoms with Crippen molar-refractivity contribution in [1.29, 1.82) is 0 Å². The second-order valence-electron chi connectivity index (χ2n) is 3.36. The Morgan fingerprint density at radius 1 is 1.71 bits per heavy atom. The number of aromatic amines is 1. The fourth-order valence-electron chi connectivity index (χ4n) is 0.832. The molecular weight excluding hydrogens is 184 g/mol. The van der Waals surface area contributed by atoms with Gasteiger partial charge in [0.05, 0.1) is 6.10 Å². The van der Waals surface area contributed by atoms with Gasteiger partial charge in [0.15, 0.2) is 0 Å². The second kappa shape index (κ2) is 4.71. The van der Waals surface area contributed by atoms with E-state index in [2.05, 4.69) is 20.5 Å². The number of nitrogens with one attached hydrogen (secondary N) is 2. The van der Waals surface area contributed by atoms with Crippen molar-refractivity contribution in [3.05, 3.63) is 12.2 Å². The van der Waals surface area contributed by atoms with Gasteiger partial charge in [-0.3, -0.25) is 9.89 Å². The van der Waals surface area contributed by atoms with Gasteiger partial charge in [0.25, 0.3) is 5.91 Å². The Morgan fingerprint density at radius 3 is 2.93 bits per heavy atom. The molecule has 1 unspecified atom stereocenters. The molecule has 1 aromatic rings. The van der Waals surface area contributed by atoms with E-state index in [1.807, 2.05) is 13.8 Å². The zero-order valence-corrected chi connectivity index (χ0v) is 8.19. The van der Waals surface area contributed by atoms with Crippen LogP contribution in [-0.2, 0) is 0 Å². The minimum Gasteiger partial charge on any atom is -0.391 e. The average Bonchev–Trinajstić information content (AvgIpc) is 2.66. The van der Waals surface area contributed by atoms with Crippen molar-refractivity contribution in [2.75, 3.05) is 6.54 Å². The van der Waals surface area contributed by atoms with E-state index in [0.717, 1.165) is 0 Å². The number of H-pyrrole nitrogens is 1. The smallest absolute Gasteiger partial charge is 0.288 e. The van der Waals surface area contributed by atoms with Crippen molar-refractivity contribution >= 4 is 5.91 Å². The van der Waals surface area contributed by atoms with Crippen LogP contribution in [0.5, 0.6) is 0 Å². The molecule has 0 aromatic carbocycles. The van der Waals surface area contributed by atoms with Crippen LogP contribution < -0.4 is 5.32 Å². The second-order valence-corrected chi connectivity index (χ2v) is 3.36. The highest BCUT2D eigenvalue weighted by Crippen LogP contribution is 1.99. The molecule has 1 heterocycles. The summed E-state index contributed by atoms with van der Waals surface area (Å²) in [4.78, 5) is 15.0. The Hall–Kier alpha value is -1.43. The standard InChI is InChI=1S/C8H14N4O2/c1-5(2)6(13)3-9-8(14)7-10-4-11-12-7/h4-6,13H,3H2,1-2H3,(H,9,14)(H,10,11,12). The van der Waals surface area contributed by atoms with Crippen LogP contribution in [0.2, 0.25) is 0 Å². The summed E-state index contributed by atoms with van der Waals surface area (Å²) in [7, 11) is 0. The predicted octanol–water partition coefficient (Wildman–Crippen LogP) is -0.449. The number of aliphatic hydroxyl groups is 1. The largest absolute Gasteiger partial charge is 0.391 e. The molecule has 6 nitrogen and oxygen atoms in total.